The standard InChI is InChI=1S/C12H15BrF3N/c1-3-11(17)7(2)9-5-4-8(6-10(9)13)12(14,15)16/h4-7,11H,3,17H2,1-2H3. The van der Waals surface area contributed by atoms with Crippen molar-refractivity contribution in [1.29, 1.82) is 0 Å². The first-order chi connectivity index (χ1) is 7.77. The van der Waals surface area contributed by atoms with Crippen LogP contribution in [0.15, 0.2) is 22.7 Å². The summed E-state index contributed by atoms with van der Waals surface area (Å²) < 4.78 is 37.9. The van der Waals surface area contributed by atoms with E-state index in [0.29, 0.717) is 4.47 Å². The number of benzene rings is 1. The van der Waals surface area contributed by atoms with Gasteiger partial charge in [-0.25, -0.2) is 0 Å². The van der Waals surface area contributed by atoms with Gasteiger partial charge in [-0.05, 0) is 30.0 Å². The van der Waals surface area contributed by atoms with Crippen LogP contribution in [0.1, 0.15) is 37.3 Å². The van der Waals surface area contributed by atoms with Crippen molar-refractivity contribution in [3.63, 3.8) is 0 Å². The summed E-state index contributed by atoms with van der Waals surface area (Å²) in [6.07, 6.45) is -3.52. The Kier molecular flexibility index (Phi) is 4.61. The molecule has 0 aromatic heterocycles. The van der Waals surface area contributed by atoms with E-state index in [0.717, 1.165) is 24.1 Å². The Hall–Kier alpha value is -0.550. The number of nitrogens with two attached hydrogens (primary N) is 1. The van der Waals surface area contributed by atoms with Gasteiger partial charge in [-0.2, -0.15) is 13.2 Å². The van der Waals surface area contributed by atoms with E-state index < -0.39 is 11.7 Å². The number of rotatable bonds is 3. The van der Waals surface area contributed by atoms with Crippen LogP contribution in [0.5, 0.6) is 0 Å². The van der Waals surface area contributed by atoms with Crippen molar-refractivity contribution in [2.75, 3.05) is 0 Å². The van der Waals surface area contributed by atoms with Crippen LogP contribution in [0.2, 0.25) is 0 Å². The third-order valence-corrected chi connectivity index (χ3v) is 3.62. The summed E-state index contributed by atoms with van der Waals surface area (Å²) in [4.78, 5) is 0. The predicted octanol–water partition coefficient (Wildman–Crippen LogP) is 4.31. The Morgan fingerprint density at radius 1 is 1.35 bits per heavy atom. The van der Waals surface area contributed by atoms with Crippen LogP contribution in [0.25, 0.3) is 0 Å². The van der Waals surface area contributed by atoms with Crippen LogP contribution < -0.4 is 5.73 Å². The summed E-state index contributed by atoms with van der Waals surface area (Å²) >= 11 is 3.18. The van der Waals surface area contributed by atoms with Gasteiger partial charge in [0.15, 0.2) is 0 Å². The molecule has 0 aliphatic carbocycles. The molecule has 0 bridgehead atoms. The summed E-state index contributed by atoms with van der Waals surface area (Å²) in [7, 11) is 0. The lowest BCUT2D eigenvalue weighted by Gasteiger charge is -2.20. The van der Waals surface area contributed by atoms with Crippen molar-refractivity contribution < 1.29 is 13.2 Å². The molecule has 2 unspecified atom stereocenters. The summed E-state index contributed by atoms with van der Waals surface area (Å²) in [6, 6.07) is 3.64. The maximum Gasteiger partial charge on any atom is 0.416 e. The van der Waals surface area contributed by atoms with E-state index in [1.807, 2.05) is 13.8 Å². The molecule has 0 fully saturated rings. The van der Waals surface area contributed by atoms with Gasteiger partial charge in [0.1, 0.15) is 0 Å². The lowest BCUT2D eigenvalue weighted by atomic mass is 9.92. The van der Waals surface area contributed by atoms with Crippen LogP contribution in [-0.4, -0.2) is 6.04 Å². The fraction of sp³-hybridized carbons (Fsp3) is 0.500. The first-order valence-corrected chi connectivity index (χ1v) is 6.19. The number of alkyl halides is 3. The quantitative estimate of drug-likeness (QED) is 0.884. The Labute approximate surface area is 107 Å². The summed E-state index contributed by atoms with van der Waals surface area (Å²) in [5.41, 5.74) is 6.06. The Morgan fingerprint density at radius 2 is 1.94 bits per heavy atom. The van der Waals surface area contributed by atoms with Crippen LogP contribution in [0.3, 0.4) is 0 Å². The van der Waals surface area contributed by atoms with Crippen molar-refractivity contribution in [2.24, 2.45) is 5.73 Å². The van der Waals surface area contributed by atoms with Gasteiger partial charge in [0, 0.05) is 10.5 Å². The van der Waals surface area contributed by atoms with Gasteiger partial charge in [-0.15, -0.1) is 0 Å². The second-order valence-corrected chi connectivity index (χ2v) is 4.95. The van der Waals surface area contributed by atoms with Gasteiger partial charge in [-0.3, -0.25) is 0 Å². The Balaban J connectivity index is 3.06. The first-order valence-electron chi connectivity index (χ1n) is 5.39. The molecule has 0 aliphatic rings. The molecule has 96 valence electrons. The van der Waals surface area contributed by atoms with E-state index in [1.165, 1.54) is 6.07 Å². The zero-order chi connectivity index (χ0) is 13.2. The Morgan fingerprint density at radius 3 is 2.35 bits per heavy atom. The van der Waals surface area contributed by atoms with Crippen LogP contribution >= 0.6 is 15.9 Å². The molecule has 1 aromatic carbocycles. The third-order valence-electron chi connectivity index (χ3n) is 2.93. The van der Waals surface area contributed by atoms with Gasteiger partial charge in [0.2, 0.25) is 0 Å². The summed E-state index contributed by atoms with van der Waals surface area (Å²) in [6.45, 7) is 3.88. The van der Waals surface area contributed by atoms with Crippen LogP contribution in [-0.2, 0) is 6.18 Å². The van der Waals surface area contributed by atoms with Gasteiger partial charge in [0.25, 0.3) is 0 Å². The topological polar surface area (TPSA) is 26.0 Å². The molecule has 0 radical (unpaired) electrons. The molecule has 0 spiro atoms. The number of hydrogen-bond acceptors (Lipinski definition) is 1. The van der Waals surface area contributed by atoms with Crippen molar-refractivity contribution in [3.8, 4) is 0 Å². The average Bonchev–Trinajstić information content (AvgIpc) is 2.25. The molecule has 0 aliphatic heterocycles. The fourth-order valence-electron chi connectivity index (χ4n) is 1.66. The third kappa shape index (κ3) is 3.45. The zero-order valence-electron chi connectivity index (χ0n) is 9.68. The van der Waals surface area contributed by atoms with Crippen LogP contribution in [0, 0.1) is 0 Å². The van der Waals surface area contributed by atoms with E-state index in [2.05, 4.69) is 15.9 Å². The minimum atomic E-state index is -4.31. The van der Waals surface area contributed by atoms with Crippen molar-refractivity contribution in [2.45, 2.75) is 38.4 Å². The second-order valence-electron chi connectivity index (χ2n) is 4.09. The monoisotopic (exact) mass is 309 g/mol. The predicted molar refractivity (Wildman–Crippen MR) is 65.8 cm³/mol. The SMILES string of the molecule is CCC(N)C(C)c1ccc(C(F)(F)F)cc1Br. The highest BCUT2D eigenvalue weighted by atomic mass is 79.9. The normalized spacial score (nSPS) is 15.7. The Bertz CT molecular complexity index is 390. The highest BCUT2D eigenvalue weighted by Gasteiger charge is 2.31. The van der Waals surface area contributed by atoms with Crippen LogP contribution in [0.4, 0.5) is 13.2 Å². The average molecular weight is 310 g/mol. The lowest BCUT2D eigenvalue weighted by Crippen LogP contribution is -2.25. The second kappa shape index (κ2) is 5.40. The van der Waals surface area contributed by atoms with E-state index in [4.69, 9.17) is 5.73 Å². The van der Waals surface area contributed by atoms with Crippen molar-refractivity contribution in [3.05, 3.63) is 33.8 Å². The maximum atomic E-state index is 12.5. The lowest BCUT2D eigenvalue weighted by molar-refractivity contribution is -0.137. The van der Waals surface area contributed by atoms with Crippen molar-refractivity contribution >= 4 is 15.9 Å². The fourth-order valence-corrected chi connectivity index (χ4v) is 2.40. The molecule has 2 N–H and O–H groups in total. The zero-order valence-corrected chi connectivity index (χ0v) is 11.3. The van der Waals surface area contributed by atoms with E-state index >= 15 is 0 Å². The minimum absolute atomic E-state index is 0.0247. The van der Waals surface area contributed by atoms with Crippen molar-refractivity contribution in [1.82, 2.24) is 0 Å². The van der Waals surface area contributed by atoms with Gasteiger partial charge in [0.05, 0.1) is 5.56 Å². The summed E-state index contributed by atoms with van der Waals surface area (Å²) in [5.74, 6) is 0.0247. The van der Waals surface area contributed by atoms with E-state index in [9.17, 15) is 13.2 Å². The van der Waals surface area contributed by atoms with Gasteiger partial charge >= 0.3 is 6.18 Å². The highest BCUT2D eigenvalue weighted by Crippen LogP contribution is 2.35. The number of halogens is 4. The highest BCUT2D eigenvalue weighted by molar-refractivity contribution is 9.10. The number of hydrogen-bond donors (Lipinski definition) is 1. The molecule has 0 heterocycles. The molecule has 1 nitrogen and oxygen atoms in total. The molecule has 1 rings (SSSR count). The molecule has 0 saturated carbocycles. The smallest absolute Gasteiger partial charge is 0.327 e. The van der Waals surface area contributed by atoms with E-state index in [1.54, 1.807) is 0 Å². The molecular formula is C12H15BrF3N. The van der Waals surface area contributed by atoms with E-state index in [-0.39, 0.29) is 12.0 Å². The molecule has 17 heavy (non-hydrogen) atoms. The summed E-state index contributed by atoms with van der Waals surface area (Å²) in [5, 5.41) is 0. The molecule has 1 aromatic rings. The first kappa shape index (κ1) is 14.5. The van der Waals surface area contributed by atoms with Gasteiger partial charge in [-0.1, -0.05) is 35.8 Å². The van der Waals surface area contributed by atoms with Gasteiger partial charge < -0.3 is 5.73 Å². The maximum absolute atomic E-state index is 12.5. The molecule has 2 atom stereocenters. The molecular weight excluding hydrogens is 295 g/mol. The largest absolute Gasteiger partial charge is 0.416 e. The minimum Gasteiger partial charge on any atom is -0.327 e. The molecule has 0 saturated heterocycles. The molecule has 5 heteroatoms. The molecule has 0 amide bonds.